The van der Waals surface area contributed by atoms with Crippen LogP contribution in [0.3, 0.4) is 0 Å². The Morgan fingerprint density at radius 2 is 1.88 bits per heavy atom. The van der Waals surface area contributed by atoms with E-state index in [0.29, 0.717) is 42.6 Å². The summed E-state index contributed by atoms with van der Waals surface area (Å²) in [7, 11) is 0. The van der Waals surface area contributed by atoms with Crippen molar-refractivity contribution < 1.29 is 19.1 Å². The lowest BCUT2D eigenvalue weighted by Gasteiger charge is -2.37. The molecule has 2 aromatic heterocycles. The Bertz CT molecular complexity index is 1470. The van der Waals surface area contributed by atoms with Crippen molar-refractivity contribution in [3.63, 3.8) is 0 Å². The molecule has 2 aliphatic heterocycles. The van der Waals surface area contributed by atoms with Crippen LogP contribution in [0.2, 0.25) is 0 Å². The lowest BCUT2D eigenvalue weighted by Crippen LogP contribution is -2.54. The van der Waals surface area contributed by atoms with Gasteiger partial charge in [-0.1, -0.05) is 23.5 Å². The summed E-state index contributed by atoms with van der Waals surface area (Å²) in [4.78, 5) is 39.7. The molecule has 40 heavy (non-hydrogen) atoms. The van der Waals surface area contributed by atoms with E-state index in [2.05, 4.69) is 16.4 Å². The number of hydrogen-bond donors (Lipinski definition) is 1. The Labute approximate surface area is 237 Å². The number of thiazole rings is 1. The van der Waals surface area contributed by atoms with E-state index >= 15 is 0 Å². The normalized spacial score (nSPS) is 18.7. The zero-order valence-electron chi connectivity index (χ0n) is 23.2. The number of aryl methyl sites for hydroxylation is 2. The van der Waals surface area contributed by atoms with Crippen LogP contribution in [-0.2, 0) is 9.47 Å². The molecule has 0 saturated carbocycles. The summed E-state index contributed by atoms with van der Waals surface area (Å²) in [5.74, 6) is 0. The number of ether oxygens (including phenoxy) is 2. The second-order valence-electron chi connectivity index (χ2n) is 11.0. The second-order valence-corrected chi connectivity index (χ2v) is 12.0. The molecule has 0 radical (unpaired) electrons. The maximum absolute atomic E-state index is 13.4. The van der Waals surface area contributed by atoms with Crippen molar-refractivity contribution in [3.05, 3.63) is 53.3 Å². The third-order valence-electron chi connectivity index (χ3n) is 6.67. The smallest absolute Gasteiger partial charge is 0.410 e. The number of urea groups is 1. The molecule has 0 aliphatic carbocycles. The van der Waals surface area contributed by atoms with Crippen LogP contribution >= 0.6 is 11.3 Å². The monoisotopic (exact) mass is 560 g/mol. The zero-order chi connectivity index (χ0) is 28.6. The van der Waals surface area contributed by atoms with E-state index in [-0.39, 0.29) is 18.2 Å². The predicted molar refractivity (Wildman–Crippen MR) is 152 cm³/mol. The number of likely N-dealkylation sites (tertiary alicyclic amines) is 1. The van der Waals surface area contributed by atoms with Gasteiger partial charge in [0.15, 0.2) is 5.13 Å². The van der Waals surface area contributed by atoms with E-state index in [0.717, 1.165) is 27.4 Å². The standard InChI is InChI=1S/C29H32N6O4S/c1-17-11-21(12-18(2)31-17)25-24(20-8-6-7-19(13-20)14-30)32-26(40-25)33-27(36)34-15-22-23(16-34)38-10-9-35(22)28(37)39-29(3,4)5/h6-8,11-13,22-23H,9-10,15-16H2,1-5H3,(H,32,33,36). The molecule has 10 nitrogen and oxygen atoms in total. The first-order chi connectivity index (χ1) is 19.0. The van der Waals surface area contributed by atoms with Crippen molar-refractivity contribution in [2.45, 2.75) is 52.4 Å². The molecule has 0 bridgehead atoms. The van der Waals surface area contributed by atoms with Gasteiger partial charge in [0.25, 0.3) is 0 Å². The highest BCUT2D eigenvalue weighted by Gasteiger charge is 2.45. The van der Waals surface area contributed by atoms with Gasteiger partial charge >= 0.3 is 12.1 Å². The molecule has 1 aromatic carbocycles. The van der Waals surface area contributed by atoms with E-state index in [4.69, 9.17) is 14.5 Å². The van der Waals surface area contributed by atoms with Crippen molar-refractivity contribution >= 4 is 28.6 Å². The zero-order valence-corrected chi connectivity index (χ0v) is 24.0. The number of nitrogens with one attached hydrogen (secondary N) is 1. The quantitative estimate of drug-likeness (QED) is 0.467. The summed E-state index contributed by atoms with van der Waals surface area (Å²) in [5, 5.41) is 12.8. The molecular weight excluding hydrogens is 528 g/mol. The number of rotatable bonds is 3. The summed E-state index contributed by atoms with van der Waals surface area (Å²) in [6.45, 7) is 10.9. The molecule has 11 heteroatoms. The maximum atomic E-state index is 13.4. The molecule has 4 heterocycles. The highest BCUT2D eigenvalue weighted by atomic mass is 32.1. The van der Waals surface area contributed by atoms with Crippen molar-refractivity contribution in [1.29, 1.82) is 5.26 Å². The molecule has 2 aliphatic rings. The Hall–Kier alpha value is -4.01. The third-order valence-corrected chi connectivity index (χ3v) is 7.69. The van der Waals surface area contributed by atoms with Gasteiger partial charge in [0, 0.05) is 30.0 Å². The van der Waals surface area contributed by atoms with Gasteiger partial charge in [0.2, 0.25) is 0 Å². The molecule has 2 fully saturated rings. The van der Waals surface area contributed by atoms with Crippen LogP contribution in [0.25, 0.3) is 21.7 Å². The Kier molecular flexibility index (Phi) is 7.49. The van der Waals surface area contributed by atoms with Gasteiger partial charge in [0.1, 0.15) is 5.60 Å². The third kappa shape index (κ3) is 5.93. The Morgan fingerprint density at radius 3 is 2.58 bits per heavy atom. The molecule has 3 aromatic rings. The van der Waals surface area contributed by atoms with Gasteiger partial charge < -0.3 is 14.4 Å². The fourth-order valence-corrected chi connectivity index (χ4v) is 6.00. The van der Waals surface area contributed by atoms with Crippen LogP contribution in [0, 0.1) is 25.2 Å². The highest BCUT2D eigenvalue weighted by molar-refractivity contribution is 7.19. The van der Waals surface area contributed by atoms with Gasteiger partial charge in [-0.3, -0.25) is 15.2 Å². The largest absolute Gasteiger partial charge is 0.444 e. The molecule has 5 rings (SSSR count). The first-order valence-corrected chi connectivity index (χ1v) is 14.0. The van der Waals surface area contributed by atoms with Gasteiger partial charge in [-0.2, -0.15) is 5.26 Å². The molecule has 2 saturated heterocycles. The number of pyridine rings is 1. The Morgan fingerprint density at radius 1 is 1.12 bits per heavy atom. The van der Waals surface area contributed by atoms with E-state index in [1.807, 2.05) is 58.9 Å². The average Bonchev–Trinajstić information content (AvgIpc) is 3.52. The van der Waals surface area contributed by atoms with Crippen molar-refractivity contribution in [2.24, 2.45) is 0 Å². The number of hydrogen-bond acceptors (Lipinski definition) is 8. The Balaban J connectivity index is 1.39. The van der Waals surface area contributed by atoms with E-state index in [9.17, 15) is 14.9 Å². The van der Waals surface area contributed by atoms with Crippen molar-refractivity contribution in [3.8, 4) is 27.8 Å². The molecule has 208 valence electrons. The van der Waals surface area contributed by atoms with E-state index < -0.39 is 11.7 Å². The summed E-state index contributed by atoms with van der Waals surface area (Å²) in [5.41, 5.74) is 4.06. The van der Waals surface area contributed by atoms with E-state index in [1.165, 1.54) is 11.3 Å². The number of carbonyl (C=O) groups excluding carboxylic acids is 2. The SMILES string of the molecule is Cc1cc(-c2sc(NC(=O)N3CC4OCCN(C(=O)OC(C)(C)C)C4C3)nc2-c2cccc(C#N)c2)cc(C)n1. The van der Waals surface area contributed by atoms with E-state index in [1.54, 1.807) is 21.9 Å². The second kappa shape index (κ2) is 10.9. The number of fused-ring (bicyclic) bond motifs is 1. The first-order valence-electron chi connectivity index (χ1n) is 13.1. The van der Waals surface area contributed by atoms with Gasteiger partial charge in [-0.25, -0.2) is 14.6 Å². The number of amides is 3. The van der Waals surface area contributed by atoms with Gasteiger partial charge in [-0.05, 0) is 64.4 Å². The van der Waals surface area contributed by atoms with Crippen LogP contribution in [0.4, 0.5) is 14.7 Å². The molecular formula is C29H32N6O4S. The number of benzene rings is 1. The number of aromatic nitrogens is 2. The number of carbonyl (C=O) groups is 2. The van der Waals surface area contributed by atoms with Crippen LogP contribution in [-0.4, -0.2) is 75.9 Å². The lowest BCUT2D eigenvalue weighted by atomic mass is 10.0. The maximum Gasteiger partial charge on any atom is 0.410 e. The fourth-order valence-electron chi connectivity index (χ4n) is 5.04. The molecule has 0 spiro atoms. The number of nitrogens with zero attached hydrogens (tertiary/aromatic N) is 5. The van der Waals surface area contributed by atoms with Crippen LogP contribution in [0.15, 0.2) is 36.4 Å². The minimum absolute atomic E-state index is 0.284. The minimum atomic E-state index is -0.612. The van der Waals surface area contributed by atoms with Gasteiger partial charge in [-0.15, -0.1) is 0 Å². The summed E-state index contributed by atoms with van der Waals surface area (Å²) < 4.78 is 11.5. The predicted octanol–water partition coefficient (Wildman–Crippen LogP) is 5.21. The van der Waals surface area contributed by atoms with Gasteiger partial charge in [0.05, 0.1) is 47.5 Å². The molecule has 2 atom stereocenters. The minimum Gasteiger partial charge on any atom is -0.444 e. The topological polar surface area (TPSA) is 121 Å². The lowest BCUT2D eigenvalue weighted by molar-refractivity contribution is -0.0569. The van der Waals surface area contributed by atoms with Crippen LogP contribution in [0.5, 0.6) is 0 Å². The highest BCUT2D eigenvalue weighted by Crippen LogP contribution is 2.40. The van der Waals surface area contributed by atoms with Crippen molar-refractivity contribution in [1.82, 2.24) is 19.8 Å². The average molecular weight is 561 g/mol. The first kappa shape index (κ1) is 27.6. The van der Waals surface area contributed by atoms with Crippen LogP contribution in [0.1, 0.15) is 37.7 Å². The number of morpholine rings is 1. The molecule has 3 amide bonds. The summed E-state index contributed by atoms with van der Waals surface area (Å²) in [6, 6.07) is 12.8. The van der Waals surface area contributed by atoms with Crippen LogP contribution < -0.4 is 5.32 Å². The number of anilines is 1. The van der Waals surface area contributed by atoms with Crippen molar-refractivity contribution in [2.75, 3.05) is 31.6 Å². The fraction of sp³-hybridized carbons (Fsp3) is 0.414. The summed E-state index contributed by atoms with van der Waals surface area (Å²) >= 11 is 1.37. The molecule has 1 N–H and O–H groups in total. The summed E-state index contributed by atoms with van der Waals surface area (Å²) in [6.07, 6.45) is -0.685. The number of nitriles is 1. The molecule has 2 unspecified atom stereocenters.